The lowest BCUT2D eigenvalue weighted by molar-refractivity contribution is 0.186. The average molecular weight is 376 g/mol. The first-order valence-electron chi connectivity index (χ1n) is 9.00. The van der Waals surface area contributed by atoms with Crippen molar-refractivity contribution in [3.8, 4) is 0 Å². The first kappa shape index (κ1) is 19.1. The molecule has 1 fully saturated rings. The van der Waals surface area contributed by atoms with Gasteiger partial charge in [-0.05, 0) is 35.7 Å². The Morgan fingerprint density at radius 2 is 2.00 bits per heavy atom. The zero-order valence-electron chi connectivity index (χ0n) is 15.6. The zero-order valence-corrected chi connectivity index (χ0v) is 15.6. The van der Waals surface area contributed by atoms with Crippen LogP contribution >= 0.6 is 0 Å². The summed E-state index contributed by atoms with van der Waals surface area (Å²) in [6.07, 6.45) is 1.75. The van der Waals surface area contributed by atoms with Crippen LogP contribution in [0.3, 0.4) is 0 Å². The van der Waals surface area contributed by atoms with Gasteiger partial charge in [0, 0.05) is 39.8 Å². The van der Waals surface area contributed by atoms with Crippen molar-refractivity contribution in [1.82, 2.24) is 25.7 Å². The average Bonchev–Trinajstić information content (AvgIpc) is 3.13. The molecule has 0 saturated carbocycles. The van der Waals surface area contributed by atoms with Gasteiger partial charge in [-0.25, -0.2) is 9.18 Å². The number of likely N-dealkylation sites (tertiary alicyclic amines) is 1. The Kier molecular flexibility index (Phi) is 6.23. The minimum atomic E-state index is -0.239. The number of halogens is 1. The van der Waals surface area contributed by atoms with Crippen LogP contribution in [-0.2, 0) is 13.1 Å². The highest BCUT2D eigenvalue weighted by atomic mass is 19.1. The Morgan fingerprint density at radius 1 is 1.30 bits per heavy atom. The predicted octanol–water partition coefficient (Wildman–Crippen LogP) is 1.74. The summed E-state index contributed by atoms with van der Waals surface area (Å²) in [5, 5.41) is 9.52. The smallest absolute Gasteiger partial charge is 0.315 e. The molecule has 0 unspecified atom stereocenters. The molecule has 2 aromatic rings. The van der Waals surface area contributed by atoms with Gasteiger partial charge in [-0.3, -0.25) is 4.90 Å². The fourth-order valence-corrected chi connectivity index (χ4v) is 2.98. The number of urea groups is 1. The van der Waals surface area contributed by atoms with E-state index in [1.54, 1.807) is 4.90 Å². The van der Waals surface area contributed by atoms with Crippen LogP contribution in [0.15, 0.2) is 28.8 Å². The number of rotatable bonds is 6. The fourth-order valence-electron chi connectivity index (χ4n) is 2.98. The molecule has 2 N–H and O–H groups in total. The standard InChI is InChI=1S/C18H25FN6O2/c1-24(2)17-22-16(27-23-17)11-20-18(26)21-15-7-9-25(10-8-15)12-13-3-5-14(19)6-4-13/h3-6,15H,7-12H2,1-2H3,(H2,20,21,26). The van der Waals surface area contributed by atoms with Gasteiger partial charge >= 0.3 is 6.03 Å². The topological polar surface area (TPSA) is 86.5 Å². The second kappa shape index (κ2) is 8.81. The molecule has 1 aliphatic heterocycles. The number of benzene rings is 1. The Bertz CT molecular complexity index is 741. The fraction of sp³-hybridized carbons (Fsp3) is 0.500. The molecule has 0 spiro atoms. The van der Waals surface area contributed by atoms with E-state index in [0.29, 0.717) is 11.8 Å². The van der Waals surface area contributed by atoms with E-state index < -0.39 is 0 Å². The summed E-state index contributed by atoms with van der Waals surface area (Å²) >= 11 is 0. The van der Waals surface area contributed by atoms with Crippen molar-refractivity contribution in [2.24, 2.45) is 0 Å². The highest BCUT2D eigenvalue weighted by molar-refractivity contribution is 5.74. The van der Waals surface area contributed by atoms with E-state index in [-0.39, 0.29) is 24.4 Å². The molecule has 1 aromatic carbocycles. The number of hydrogen-bond donors (Lipinski definition) is 2. The van der Waals surface area contributed by atoms with Crippen LogP contribution in [0.1, 0.15) is 24.3 Å². The van der Waals surface area contributed by atoms with Crippen molar-refractivity contribution < 1.29 is 13.7 Å². The van der Waals surface area contributed by atoms with Crippen molar-refractivity contribution in [2.75, 3.05) is 32.1 Å². The third-order valence-electron chi connectivity index (χ3n) is 4.50. The SMILES string of the molecule is CN(C)c1noc(CNC(=O)NC2CCN(Cc3ccc(F)cc3)CC2)n1. The Hall–Kier alpha value is -2.68. The Balaban J connectivity index is 1.36. The second-order valence-electron chi connectivity index (χ2n) is 6.89. The number of nitrogens with zero attached hydrogens (tertiary/aromatic N) is 4. The number of piperidine rings is 1. The van der Waals surface area contributed by atoms with E-state index >= 15 is 0 Å². The third kappa shape index (κ3) is 5.65. The highest BCUT2D eigenvalue weighted by Crippen LogP contribution is 2.14. The minimum absolute atomic E-state index is 0.134. The number of carbonyl (C=O) groups is 1. The van der Waals surface area contributed by atoms with E-state index in [2.05, 4.69) is 25.7 Å². The number of nitrogens with one attached hydrogen (secondary N) is 2. The molecule has 9 heteroatoms. The van der Waals surface area contributed by atoms with Crippen molar-refractivity contribution in [3.05, 3.63) is 41.5 Å². The van der Waals surface area contributed by atoms with Crippen LogP contribution in [-0.4, -0.2) is 54.3 Å². The summed E-state index contributed by atoms with van der Waals surface area (Å²) in [5.74, 6) is 0.620. The monoisotopic (exact) mass is 376 g/mol. The largest absolute Gasteiger partial charge is 0.344 e. The van der Waals surface area contributed by atoms with E-state index in [4.69, 9.17) is 4.52 Å². The van der Waals surface area contributed by atoms with Gasteiger partial charge in [0.25, 0.3) is 5.95 Å². The Morgan fingerprint density at radius 3 is 2.63 bits per heavy atom. The number of amides is 2. The molecule has 0 bridgehead atoms. The highest BCUT2D eigenvalue weighted by Gasteiger charge is 2.21. The molecule has 8 nitrogen and oxygen atoms in total. The van der Waals surface area contributed by atoms with Crippen LogP contribution in [0, 0.1) is 5.82 Å². The molecule has 3 rings (SSSR count). The van der Waals surface area contributed by atoms with Crippen LogP contribution in [0.4, 0.5) is 15.1 Å². The van der Waals surface area contributed by atoms with Gasteiger partial charge in [0.05, 0.1) is 6.54 Å². The van der Waals surface area contributed by atoms with Gasteiger partial charge in [0.1, 0.15) is 5.82 Å². The van der Waals surface area contributed by atoms with Gasteiger partial charge < -0.3 is 20.1 Å². The third-order valence-corrected chi connectivity index (χ3v) is 4.50. The van der Waals surface area contributed by atoms with Crippen LogP contribution in [0.5, 0.6) is 0 Å². The molecular weight excluding hydrogens is 351 g/mol. The second-order valence-corrected chi connectivity index (χ2v) is 6.89. The van der Waals surface area contributed by atoms with Gasteiger partial charge in [0.15, 0.2) is 0 Å². The molecule has 1 saturated heterocycles. The number of hydrogen-bond acceptors (Lipinski definition) is 6. The summed E-state index contributed by atoms with van der Waals surface area (Å²) in [6.45, 7) is 2.76. The van der Waals surface area contributed by atoms with Crippen LogP contribution in [0.2, 0.25) is 0 Å². The van der Waals surface area contributed by atoms with Gasteiger partial charge in [-0.2, -0.15) is 4.98 Å². The first-order valence-corrected chi connectivity index (χ1v) is 9.00. The molecule has 1 aliphatic rings. The molecule has 0 aliphatic carbocycles. The lowest BCUT2D eigenvalue weighted by Gasteiger charge is -2.32. The molecule has 1 aromatic heterocycles. The van der Waals surface area contributed by atoms with E-state index in [1.165, 1.54) is 12.1 Å². The van der Waals surface area contributed by atoms with E-state index in [9.17, 15) is 9.18 Å². The molecule has 146 valence electrons. The summed E-state index contributed by atoms with van der Waals surface area (Å²) in [6, 6.07) is 6.49. The van der Waals surface area contributed by atoms with Crippen LogP contribution < -0.4 is 15.5 Å². The van der Waals surface area contributed by atoms with Gasteiger partial charge in [0.2, 0.25) is 5.89 Å². The van der Waals surface area contributed by atoms with Crippen LogP contribution in [0.25, 0.3) is 0 Å². The van der Waals surface area contributed by atoms with Crippen molar-refractivity contribution in [2.45, 2.75) is 32.0 Å². The molecule has 27 heavy (non-hydrogen) atoms. The number of aromatic nitrogens is 2. The summed E-state index contributed by atoms with van der Waals surface area (Å²) in [4.78, 5) is 20.3. The normalized spacial score (nSPS) is 15.5. The minimum Gasteiger partial charge on any atom is -0.344 e. The predicted molar refractivity (Wildman–Crippen MR) is 98.7 cm³/mol. The first-order chi connectivity index (χ1) is 13.0. The lowest BCUT2D eigenvalue weighted by Crippen LogP contribution is -2.47. The number of anilines is 1. The molecule has 0 radical (unpaired) electrons. The zero-order chi connectivity index (χ0) is 19.2. The van der Waals surface area contributed by atoms with Crippen molar-refractivity contribution >= 4 is 12.0 Å². The molecule has 0 atom stereocenters. The Labute approximate surface area is 157 Å². The van der Waals surface area contributed by atoms with Gasteiger partial charge in [-0.1, -0.05) is 12.1 Å². The van der Waals surface area contributed by atoms with Crippen molar-refractivity contribution in [1.29, 1.82) is 0 Å². The molecular formula is C18H25FN6O2. The number of carbonyl (C=O) groups excluding carboxylic acids is 1. The summed E-state index contributed by atoms with van der Waals surface area (Å²) in [5.41, 5.74) is 1.09. The summed E-state index contributed by atoms with van der Waals surface area (Å²) < 4.78 is 18.0. The van der Waals surface area contributed by atoms with Gasteiger partial charge in [-0.15, -0.1) is 0 Å². The summed E-state index contributed by atoms with van der Waals surface area (Å²) in [7, 11) is 3.63. The van der Waals surface area contributed by atoms with E-state index in [1.807, 2.05) is 26.2 Å². The van der Waals surface area contributed by atoms with Crippen molar-refractivity contribution in [3.63, 3.8) is 0 Å². The quantitative estimate of drug-likeness (QED) is 0.799. The maximum Gasteiger partial charge on any atom is 0.315 e. The lowest BCUT2D eigenvalue weighted by atomic mass is 10.0. The maximum absolute atomic E-state index is 13.0. The maximum atomic E-state index is 13.0. The molecule has 2 amide bonds. The van der Waals surface area contributed by atoms with E-state index in [0.717, 1.165) is 38.0 Å². The molecule has 2 heterocycles.